The first-order valence-corrected chi connectivity index (χ1v) is 5.39. The van der Waals surface area contributed by atoms with Gasteiger partial charge in [-0.05, 0) is 18.6 Å². The fraction of sp³-hybridized carbons (Fsp3) is 0.231. The second kappa shape index (κ2) is 4.51. The van der Waals surface area contributed by atoms with Gasteiger partial charge in [0.1, 0.15) is 0 Å². The van der Waals surface area contributed by atoms with E-state index in [0.29, 0.717) is 17.5 Å². The minimum absolute atomic E-state index is 0.252. The van der Waals surface area contributed by atoms with Gasteiger partial charge in [-0.3, -0.25) is 14.5 Å². The number of fused-ring (bicyclic) bond motifs is 1. The van der Waals surface area contributed by atoms with E-state index >= 15 is 0 Å². The number of carbonyl (C=O) groups is 2. The van der Waals surface area contributed by atoms with E-state index in [2.05, 4.69) is 6.58 Å². The maximum absolute atomic E-state index is 12.0. The molecule has 1 aliphatic rings. The van der Waals surface area contributed by atoms with Gasteiger partial charge in [0, 0.05) is 0 Å². The number of benzene rings is 1. The monoisotopic (exact) mass is 231 g/mol. The highest BCUT2D eigenvalue weighted by atomic mass is 16.3. The van der Waals surface area contributed by atoms with Crippen LogP contribution in [0.3, 0.4) is 0 Å². The maximum Gasteiger partial charge on any atom is 0.261 e. The zero-order valence-electron chi connectivity index (χ0n) is 9.30. The Bertz CT molecular complexity index is 446. The molecule has 0 fully saturated rings. The standard InChI is InChI=1S/C13H13NO3/c1-2-5-9(8-15)14-12(16)10-6-3-4-7-11(10)13(14)17/h2-4,6-7,9,15H,1,5,8H2/t9-/m1/s1. The van der Waals surface area contributed by atoms with Crippen LogP contribution < -0.4 is 0 Å². The lowest BCUT2D eigenvalue weighted by Crippen LogP contribution is -2.41. The van der Waals surface area contributed by atoms with Crippen LogP contribution in [-0.4, -0.2) is 34.5 Å². The lowest BCUT2D eigenvalue weighted by Gasteiger charge is -2.22. The third-order valence-electron chi connectivity index (χ3n) is 2.84. The normalized spacial score (nSPS) is 15.9. The SMILES string of the molecule is C=CC[C@H](CO)N1C(=O)c2ccccc2C1=O. The maximum atomic E-state index is 12.0. The van der Waals surface area contributed by atoms with Crippen molar-refractivity contribution >= 4 is 11.8 Å². The molecular weight excluding hydrogens is 218 g/mol. The lowest BCUT2D eigenvalue weighted by molar-refractivity contribution is 0.0519. The lowest BCUT2D eigenvalue weighted by atomic mass is 10.1. The predicted molar refractivity (Wildman–Crippen MR) is 62.6 cm³/mol. The molecule has 88 valence electrons. The fourth-order valence-corrected chi connectivity index (χ4v) is 1.99. The Morgan fingerprint density at radius 1 is 1.24 bits per heavy atom. The molecule has 1 aromatic rings. The van der Waals surface area contributed by atoms with Gasteiger partial charge in [-0.2, -0.15) is 0 Å². The zero-order valence-corrected chi connectivity index (χ0v) is 9.30. The minimum Gasteiger partial charge on any atom is -0.394 e. The number of rotatable bonds is 4. The zero-order chi connectivity index (χ0) is 12.4. The summed E-state index contributed by atoms with van der Waals surface area (Å²) in [6.45, 7) is 3.31. The Labute approximate surface area is 99.2 Å². The summed E-state index contributed by atoms with van der Waals surface area (Å²) in [5.41, 5.74) is 0.806. The third kappa shape index (κ3) is 1.76. The van der Waals surface area contributed by atoms with Crippen LogP contribution in [0.25, 0.3) is 0 Å². The summed E-state index contributed by atoms with van der Waals surface area (Å²) in [6, 6.07) is 6.15. The summed E-state index contributed by atoms with van der Waals surface area (Å²) in [5, 5.41) is 9.24. The van der Waals surface area contributed by atoms with Crippen molar-refractivity contribution in [3.05, 3.63) is 48.0 Å². The molecule has 2 rings (SSSR count). The highest BCUT2D eigenvalue weighted by Crippen LogP contribution is 2.25. The van der Waals surface area contributed by atoms with Gasteiger partial charge in [-0.25, -0.2) is 0 Å². The van der Waals surface area contributed by atoms with E-state index in [1.807, 2.05) is 0 Å². The van der Waals surface area contributed by atoms with Gasteiger partial charge in [0.15, 0.2) is 0 Å². The van der Waals surface area contributed by atoms with Crippen molar-refractivity contribution in [2.75, 3.05) is 6.61 Å². The summed E-state index contributed by atoms with van der Waals surface area (Å²) in [6.07, 6.45) is 1.98. The van der Waals surface area contributed by atoms with E-state index in [4.69, 9.17) is 0 Å². The van der Waals surface area contributed by atoms with Gasteiger partial charge >= 0.3 is 0 Å². The van der Waals surface area contributed by atoms with E-state index in [1.54, 1.807) is 30.3 Å². The average molecular weight is 231 g/mol. The summed E-state index contributed by atoms with van der Waals surface area (Å²) in [5.74, 6) is -0.682. The Hall–Kier alpha value is -1.94. The molecule has 0 unspecified atom stereocenters. The van der Waals surface area contributed by atoms with E-state index in [1.165, 1.54) is 0 Å². The second-order valence-electron chi connectivity index (χ2n) is 3.89. The molecule has 0 spiro atoms. The van der Waals surface area contributed by atoms with Crippen molar-refractivity contribution < 1.29 is 14.7 Å². The Morgan fingerprint density at radius 2 is 1.76 bits per heavy atom. The largest absolute Gasteiger partial charge is 0.394 e. The van der Waals surface area contributed by atoms with Crippen molar-refractivity contribution in [3.63, 3.8) is 0 Å². The first-order valence-electron chi connectivity index (χ1n) is 5.39. The van der Waals surface area contributed by atoms with E-state index in [-0.39, 0.29) is 18.4 Å². The van der Waals surface area contributed by atoms with Gasteiger partial charge in [0.2, 0.25) is 0 Å². The summed E-state index contributed by atoms with van der Waals surface area (Å²) in [7, 11) is 0. The Balaban J connectivity index is 2.38. The summed E-state index contributed by atoms with van der Waals surface area (Å²) in [4.78, 5) is 25.2. The molecule has 4 nitrogen and oxygen atoms in total. The number of nitrogens with zero attached hydrogens (tertiary/aromatic N) is 1. The number of amides is 2. The van der Waals surface area contributed by atoms with Crippen LogP contribution >= 0.6 is 0 Å². The van der Waals surface area contributed by atoms with Crippen LogP contribution in [0.1, 0.15) is 27.1 Å². The molecule has 1 heterocycles. The molecule has 4 heteroatoms. The fourth-order valence-electron chi connectivity index (χ4n) is 1.99. The van der Waals surface area contributed by atoms with E-state index < -0.39 is 6.04 Å². The summed E-state index contributed by atoms with van der Waals surface area (Å²) < 4.78 is 0. The Kier molecular flexibility index (Phi) is 3.06. The van der Waals surface area contributed by atoms with Crippen molar-refractivity contribution in [2.24, 2.45) is 0 Å². The number of hydrogen-bond acceptors (Lipinski definition) is 3. The molecule has 1 N–H and O–H groups in total. The van der Waals surface area contributed by atoms with Crippen molar-refractivity contribution in [2.45, 2.75) is 12.5 Å². The molecule has 1 aliphatic heterocycles. The average Bonchev–Trinajstić information content (AvgIpc) is 2.61. The molecule has 0 aliphatic carbocycles. The molecule has 0 saturated carbocycles. The highest BCUT2D eigenvalue weighted by Gasteiger charge is 2.38. The molecule has 0 bridgehead atoms. The quantitative estimate of drug-likeness (QED) is 0.626. The first-order chi connectivity index (χ1) is 8.20. The minimum atomic E-state index is -0.528. The van der Waals surface area contributed by atoms with Crippen molar-refractivity contribution in [1.82, 2.24) is 4.90 Å². The molecular formula is C13H13NO3. The molecule has 17 heavy (non-hydrogen) atoms. The van der Waals surface area contributed by atoms with Gasteiger partial charge in [0.05, 0.1) is 23.8 Å². The van der Waals surface area contributed by atoms with Crippen LogP contribution in [-0.2, 0) is 0 Å². The summed E-state index contributed by atoms with van der Waals surface area (Å²) >= 11 is 0. The van der Waals surface area contributed by atoms with Crippen LogP contribution in [0, 0.1) is 0 Å². The smallest absolute Gasteiger partial charge is 0.261 e. The number of imide groups is 1. The molecule has 0 aromatic heterocycles. The first kappa shape index (κ1) is 11.5. The molecule has 0 saturated heterocycles. The number of hydrogen-bond donors (Lipinski definition) is 1. The molecule has 1 aromatic carbocycles. The topological polar surface area (TPSA) is 57.6 Å². The van der Waals surface area contributed by atoms with Crippen LogP contribution in [0.15, 0.2) is 36.9 Å². The molecule has 0 radical (unpaired) electrons. The van der Waals surface area contributed by atoms with E-state index in [0.717, 1.165) is 4.90 Å². The number of carbonyl (C=O) groups excluding carboxylic acids is 2. The predicted octanol–water partition coefficient (Wildman–Crippen LogP) is 1.22. The van der Waals surface area contributed by atoms with Gasteiger partial charge in [-0.15, -0.1) is 6.58 Å². The molecule has 2 amide bonds. The third-order valence-corrected chi connectivity index (χ3v) is 2.84. The van der Waals surface area contributed by atoms with Crippen LogP contribution in [0.5, 0.6) is 0 Å². The Morgan fingerprint density at radius 3 is 2.18 bits per heavy atom. The van der Waals surface area contributed by atoms with E-state index in [9.17, 15) is 14.7 Å². The van der Waals surface area contributed by atoms with Gasteiger partial charge in [-0.1, -0.05) is 18.2 Å². The molecule has 1 atom stereocenters. The van der Waals surface area contributed by atoms with Gasteiger partial charge < -0.3 is 5.11 Å². The highest BCUT2D eigenvalue weighted by molar-refractivity contribution is 6.21. The van der Waals surface area contributed by atoms with Crippen LogP contribution in [0.2, 0.25) is 0 Å². The second-order valence-corrected chi connectivity index (χ2v) is 3.89. The van der Waals surface area contributed by atoms with Crippen LogP contribution in [0.4, 0.5) is 0 Å². The van der Waals surface area contributed by atoms with Crippen molar-refractivity contribution in [3.8, 4) is 0 Å². The number of aliphatic hydroxyl groups is 1. The van der Waals surface area contributed by atoms with Crippen molar-refractivity contribution in [1.29, 1.82) is 0 Å². The number of aliphatic hydroxyl groups excluding tert-OH is 1. The van der Waals surface area contributed by atoms with Gasteiger partial charge in [0.25, 0.3) is 11.8 Å².